The predicted molar refractivity (Wildman–Crippen MR) is 126 cm³/mol. The minimum Gasteiger partial charge on any atom is -0.349 e. The van der Waals surface area contributed by atoms with E-state index < -0.39 is 0 Å². The summed E-state index contributed by atoms with van der Waals surface area (Å²) in [6.07, 6.45) is 8.94. The number of carbonyl (C=O) groups is 2. The highest BCUT2D eigenvalue weighted by atomic mass is 16.2. The minimum atomic E-state index is -0.316. The number of aryl methyl sites for hydroxylation is 1. The van der Waals surface area contributed by atoms with Crippen LogP contribution in [-0.4, -0.2) is 72.1 Å². The van der Waals surface area contributed by atoms with Gasteiger partial charge >= 0.3 is 6.03 Å². The van der Waals surface area contributed by atoms with Crippen molar-refractivity contribution in [3.63, 3.8) is 0 Å². The Hall–Kier alpha value is -2.35. The Morgan fingerprint density at radius 2 is 1.69 bits per heavy atom. The lowest BCUT2D eigenvalue weighted by Gasteiger charge is -2.34. The Kier molecular flexibility index (Phi) is 8.34. The van der Waals surface area contributed by atoms with Gasteiger partial charge in [0.15, 0.2) is 0 Å². The van der Waals surface area contributed by atoms with Gasteiger partial charge in [-0.2, -0.15) is 0 Å². The molecule has 8 nitrogen and oxygen atoms in total. The molecule has 2 aliphatic rings. The Morgan fingerprint density at radius 3 is 2.31 bits per heavy atom. The third kappa shape index (κ3) is 6.12. The average Bonchev–Trinajstić information content (AvgIpc) is 2.74. The molecular formula is C24H39N5O3. The molecule has 1 saturated heterocycles. The van der Waals surface area contributed by atoms with E-state index in [4.69, 9.17) is 0 Å². The van der Waals surface area contributed by atoms with Gasteiger partial charge in [-0.25, -0.2) is 4.79 Å². The first-order valence-electron chi connectivity index (χ1n) is 12.0. The molecule has 1 aromatic heterocycles. The fraction of sp³-hybridized carbons (Fsp3) is 0.708. The van der Waals surface area contributed by atoms with Crippen LogP contribution in [0.1, 0.15) is 73.8 Å². The monoisotopic (exact) mass is 445 g/mol. The van der Waals surface area contributed by atoms with Gasteiger partial charge in [0.2, 0.25) is 0 Å². The lowest BCUT2D eigenvalue weighted by Crippen LogP contribution is -2.52. The fourth-order valence-electron chi connectivity index (χ4n) is 4.88. The maximum Gasteiger partial charge on any atom is 0.317 e. The standard InChI is InChI=1S/C24H39N5O3/c1-17-10-15-29(18(2)16-27(3)4)23(31)21(17)22(30)25-20-11-13-28(14-12-20)24(32)26-19-8-6-5-7-9-19/h10,15,18-20H,5-9,11-14,16H2,1-4H3,(H,25,30)(H,26,32). The molecule has 3 amide bonds. The van der Waals surface area contributed by atoms with Crippen LogP contribution >= 0.6 is 0 Å². The smallest absolute Gasteiger partial charge is 0.317 e. The van der Waals surface area contributed by atoms with Gasteiger partial charge in [-0.05, 0) is 65.3 Å². The summed E-state index contributed by atoms with van der Waals surface area (Å²) in [4.78, 5) is 42.5. The molecule has 3 rings (SSSR count). The molecule has 1 atom stereocenters. The highest BCUT2D eigenvalue weighted by Crippen LogP contribution is 2.18. The first-order chi connectivity index (χ1) is 15.3. The lowest BCUT2D eigenvalue weighted by molar-refractivity contribution is 0.0914. The third-order valence-corrected chi connectivity index (χ3v) is 6.71. The van der Waals surface area contributed by atoms with Crippen LogP contribution in [0.2, 0.25) is 0 Å². The van der Waals surface area contributed by atoms with Crippen LogP contribution in [0.4, 0.5) is 4.79 Å². The fourth-order valence-corrected chi connectivity index (χ4v) is 4.88. The molecule has 0 aromatic carbocycles. The molecule has 1 aliphatic heterocycles. The molecule has 1 aliphatic carbocycles. The second kappa shape index (κ2) is 11.0. The number of carbonyl (C=O) groups excluding carboxylic acids is 2. The summed E-state index contributed by atoms with van der Waals surface area (Å²) in [6.45, 7) is 5.72. The summed E-state index contributed by atoms with van der Waals surface area (Å²) in [6, 6.07) is 2.08. The first-order valence-corrected chi connectivity index (χ1v) is 12.0. The Balaban J connectivity index is 1.56. The summed E-state index contributed by atoms with van der Waals surface area (Å²) < 4.78 is 1.64. The summed E-state index contributed by atoms with van der Waals surface area (Å²) in [7, 11) is 3.93. The molecule has 2 fully saturated rings. The first kappa shape index (κ1) is 24.3. The molecule has 1 aromatic rings. The number of amides is 3. The Morgan fingerprint density at radius 1 is 1.06 bits per heavy atom. The number of nitrogens with zero attached hydrogens (tertiary/aromatic N) is 3. The zero-order valence-corrected chi connectivity index (χ0v) is 20.0. The minimum absolute atomic E-state index is 0.0124. The highest BCUT2D eigenvalue weighted by Gasteiger charge is 2.27. The van der Waals surface area contributed by atoms with E-state index in [1.807, 2.05) is 36.9 Å². The van der Waals surface area contributed by atoms with Crippen molar-refractivity contribution in [3.8, 4) is 0 Å². The second-order valence-corrected chi connectivity index (χ2v) is 9.72. The molecule has 178 valence electrons. The van der Waals surface area contributed by atoms with Crippen LogP contribution in [0.25, 0.3) is 0 Å². The summed E-state index contributed by atoms with van der Waals surface area (Å²) in [5.41, 5.74) is 0.654. The molecule has 0 radical (unpaired) electrons. The van der Waals surface area contributed by atoms with Crippen LogP contribution in [-0.2, 0) is 0 Å². The Labute approximate surface area is 191 Å². The number of aromatic nitrogens is 1. The van der Waals surface area contributed by atoms with Gasteiger partial charge in [0.25, 0.3) is 11.5 Å². The van der Waals surface area contributed by atoms with Crippen molar-refractivity contribution in [3.05, 3.63) is 33.7 Å². The van der Waals surface area contributed by atoms with E-state index in [0.29, 0.717) is 44.1 Å². The van der Waals surface area contributed by atoms with Crippen molar-refractivity contribution in [2.45, 2.75) is 76.9 Å². The van der Waals surface area contributed by atoms with E-state index in [9.17, 15) is 14.4 Å². The van der Waals surface area contributed by atoms with Gasteiger partial charge in [-0.1, -0.05) is 19.3 Å². The van der Waals surface area contributed by atoms with Gasteiger partial charge < -0.3 is 25.0 Å². The predicted octanol–water partition coefficient (Wildman–Crippen LogP) is 2.52. The van der Waals surface area contributed by atoms with Gasteiger partial charge in [0.1, 0.15) is 5.56 Å². The second-order valence-electron chi connectivity index (χ2n) is 9.72. The largest absolute Gasteiger partial charge is 0.349 e. The zero-order chi connectivity index (χ0) is 23.3. The summed E-state index contributed by atoms with van der Waals surface area (Å²) >= 11 is 0. The van der Waals surface area contributed by atoms with Crippen molar-refractivity contribution in [2.24, 2.45) is 0 Å². The van der Waals surface area contributed by atoms with E-state index in [1.54, 1.807) is 17.7 Å². The number of piperidine rings is 1. The van der Waals surface area contributed by atoms with E-state index in [-0.39, 0.29) is 35.1 Å². The number of hydrogen-bond acceptors (Lipinski definition) is 4. The van der Waals surface area contributed by atoms with Gasteiger partial charge in [-0.15, -0.1) is 0 Å². The van der Waals surface area contributed by atoms with Crippen LogP contribution in [0.15, 0.2) is 17.1 Å². The van der Waals surface area contributed by atoms with Crippen LogP contribution in [0.5, 0.6) is 0 Å². The van der Waals surface area contributed by atoms with Crippen LogP contribution < -0.4 is 16.2 Å². The van der Waals surface area contributed by atoms with Crippen molar-refractivity contribution in [1.29, 1.82) is 0 Å². The number of likely N-dealkylation sites (tertiary alicyclic amines) is 1. The molecule has 1 unspecified atom stereocenters. The molecule has 8 heteroatoms. The number of pyridine rings is 1. The molecule has 0 bridgehead atoms. The molecule has 2 heterocycles. The van der Waals surface area contributed by atoms with Gasteiger partial charge in [0.05, 0.1) is 0 Å². The number of likely N-dealkylation sites (N-methyl/N-ethyl adjacent to an activating group) is 1. The zero-order valence-electron chi connectivity index (χ0n) is 20.0. The summed E-state index contributed by atoms with van der Waals surface area (Å²) in [5.74, 6) is -0.316. The van der Waals surface area contributed by atoms with Crippen LogP contribution in [0, 0.1) is 6.92 Å². The van der Waals surface area contributed by atoms with E-state index >= 15 is 0 Å². The van der Waals surface area contributed by atoms with E-state index in [2.05, 4.69) is 10.6 Å². The quantitative estimate of drug-likeness (QED) is 0.704. The van der Waals surface area contributed by atoms with Gasteiger partial charge in [0, 0.05) is 44.0 Å². The van der Waals surface area contributed by atoms with Crippen molar-refractivity contribution in [2.75, 3.05) is 33.7 Å². The highest BCUT2D eigenvalue weighted by molar-refractivity contribution is 5.95. The molecular weight excluding hydrogens is 406 g/mol. The van der Waals surface area contributed by atoms with Crippen molar-refractivity contribution in [1.82, 2.24) is 25.0 Å². The molecule has 2 N–H and O–H groups in total. The topological polar surface area (TPSA) is 86.7 Å². The summed E-state index contributed by atoms with van der Waals surface area (Å²) in [5, 5.41) is 6.21. The van der Waals surface area contributed by atoms with E-state index in [0.717, 1.165) is 12.8 Å². The van der Waals surface area contributed by atoms with Crippen molar-refractivity contribution >= 4 is 11.9 Å². The maximum atomic E-state index is 13.0. The molecule has 32 heavy (non-hydrogen) atoms. The Bertz CT molecular complexity index is 852. The maximum absolute atomic E-state index is 13.0. The number of rotatable bonds is 6. The third-order valence-electron chi connectivity index (χ3n) is 6.71. The van der Waals surface area contributed by atoms with Gasteiger partial charge in [-0.3, -0.25) is 9.59 Å². The van der Waals surface area contributed by atoms with Crippen LogP contribution in [0.3, 0.4) is 0 Å². The van der Waals surface area contributed by atoms with E-state index in [1.165, 1.54) is 19.3 Å². The lowest BCUT2D eigenvalue weighted by atomic mass is 9.95. The number of hydrogen-bond donors (Lipinski definition) is 2. The normalized spacial score (nSPS) is 19.1. The average molecular weight is 446 g/mol. The number of urea groups is 1. The molecule has 1 saturated carbocycles. The van der Waals surface area contributed by atoms with Crippen molar-refractivity contribution < 1.29 is 9.59 Å². The molecule has 0 spiro atoms. The SMILES string of the molecule is Cc1ccn(C(C)CN(C)C)c(=O)c1C(=O)NC1CCN(C(=O)NC2CCCCC2)CC1. The number of nitrogens with one attached hydrogen (secondary N) is 2.